The van der Waals surface area contributed by atoms with Gasteiger partial charge < -0.3 is 10.2 Å². The molecule has 1 atom stereocenters. The van der Waals surface area contributed by atoms with Crippen molar-refractivity contribution in [3.63, 3.8) is 0 Å². The van der Waals surface area contributed by atoms with E-state index in [0.717, 1.165) is 25.9 Å². The quantitative estimate of drug-likeness (QED) is 0.826. The van der Waals surface area contributed by atoms with Gasteiger partial charge >= 0.3 is 0 Å². The lowest BCUT2D eigenvalue weighted by Gasteiger charge is -2.19. The molecule has 0 radical (unpaired) electrons. The van der Waals surface area contributed by atoms with Gasteiger partial charge in [-0.15, -0.1) is 0 Å². The molecule has 5 nitrogen and oxygen atoms in total. The molecule has 102 valence electrons. The number of nitrogens with zero attached hydrogens (tertiary/aromatic N) is 4. The van der Waals surface area contributed by atoms with Gasteiger partial charge in [0.15, 0.2) is 0 Å². The van der Waals surface area contributed by atoms with E-state index in [9.17, 15) is 0 Å². The maximum Gasteiger partial charge on any atom is 0.231 e. The molecule has 0 spiro atoms. The van der Waals surface area contributed by atoms with E-state index in [-0.39, 0.29) is 5.28 Å². The molecule has 0 saturated heterocycles. The third kappa shape index (κ3) is 4.29. The molecular formula is C12H22ClN5. The van der Waals surface area contributed by atoms with E-state index in [1.54, 1.807) is 0 Å². The molecular weight excluding hydrogens is 250 g/mol. The first-order valence-electron chi connectivity index (χ1n) is 6.53. The van der Waals surface area contributed by atoms with Gasteiger partial charge in [-0.1, -0.05) is 13.3 Å². The van der Waals surface area contributed by atoms with Crippen molar-refractivity contribution in [3.05, 3.63) is 5.28 Å². The Kier molecular flexibility index (Phi) is 6.12. The van der Waals surface area contributed by atoms with Crippen LogP contribution in [0.3, 0.4) is 0 Å². The van der Waals surface area contributed by atoms with Crippen LogP contribution in [0, 0.1) is 0 Å². The second-order valence-corrected chi connectivity index (χ2v) is 4.57. The van der Waals surface area contributed by atoms with Gasteiger partial charge in [-0.3, -0.25) is 0 Å². The minimum absolute atomic E-state index is 0.234. The van der Waals surface area contributed by atoms with Crippen LogP contribution in [0.15, 0.2) is 0 Å². The first-order valence-corrected chi connectivity index (χ1v) is 6.91. The lowest BCUT2D eigenvalue weighted by atomic mass is 10.2. The van der Waals surface area contributed by atoms with Crippen LogP contribution < -0.4 is 10.2 Å². The summed E-state index contributed by atoms with van der Waals surface area (Å²) in [7, 11) is 0. The summed E-state index contributed by atoms with van der Waals surface area (Å²) >= 11 is 5.94. The van der Waals surface area contributed by atoms with Crippen molar-refractivity contribution in [2.24, 2.45) is 0 Å². The molecule has 6 heteroatoms. The van der Waals surface area contributed by atoms with Crippen molar-refractivity contribution >= 4 is 23.5 Å². The average Bonchev–Trinajstić information content (AvgIpc) is 2.30. The van der Waals surface area contributed by atoms with Crippen LogP contribution in [-0.2, 0) is 0 Å². The molecule has 0 saturated carbocycles. The fraction of sp³-hybridized carbons (Fsp3) is 0.750. The minimum Gasteiger partial charge on any atom is -0.352 e. The highest BCUT2D eigenvalue weighted by atomic mass is 35.5. The first kappa shape index (κ1) is 15.0. The fourth-order valence-electron chi connectivity index (χ4n) is 1.78. The van der Waals surface area contributed by atoms with E-state index in [2.05, 4.69) is 48.0 Å². The summed E-state index contributed by atoms with van der Waals surface area (Å²) in [4.78, 5) is 14.7. The van der Waals surface area contributed by atoms with Crippen molar-refractivity contribution in [3.8, 4) is 0 Å². The smallest absolute Gasteiger partial charge is 0.231 e. The van der Waals surface area contributed by atoms with E-state index < -0.39 is 0 Å². The van der Waals surface area contributed by atoms with Crippen molar-refractivity contribution in [1.82, 2.24) is 15.0 Å². The lowest BCUT2D eigenvalue weighted by Crippen LogP contribution is -2.25. The molecule has 0 aliphatic heterocycles. The van der Waals surface area contributed by atoms with Gasteiger partial charge in [0.2, 0.25) is 17.2 Å². The summed E-state index contributed by atoms with van der Waals surface area (Å²) in [6.45, 7) is 10.1. The van der Waals surface area contributed by atoms with Crippen molar-refractivity contribution in [2.45, 2.75) is 46.6 Å². The zero-order valence-corrected chi connectivity index (χ0v) is 12.3. The van der Waals surface area contributed by atoms with E-state index in [0.29, 0.717) is 17.9 Å². The van der Waals surface area contributed by atoms with Crippen LogP contribution >= 0.6 is 11.6 Å². The Morgan fingerprint density at radius 1 is 1.17 bits per heavy atom. The maximum atomic E-state index is 5.94. The largest absolute Gasteiger partial charge is 0.352 e. The Morgan fingerprint density at radius 2 is 1.83 bits per heavy atom. The first-order chi connectivity index (χ1) is 8.60. The second kappa shape index (κ2) is 7.36. The molecule has 1 unspecified atom stereocenters. The molecule has 1 aromatic rings. The zero-order valence-electron chi connectivity index (χ0n) is 11.6. The van der Waals surface area contributed by atoms with Crippen LogP contribution in [0.1, 0.15) is 40.5 Å². The van der Waals surface area contributed by atoms with E-state index >= 15 is 0 Å². The Bertz CT molecular complexity index is 367. The van der Waals surface area contributed by atoms with Crippen LogP contribution in [0.25, 0.3) is 0 Å². The average molecular weight is 272 g/mol. The predicted molar refractivity (Wildman–Crippen MR) is 76.4 cm³/mol. The molecule has 0 bridgehead atoms. The number of anilines is 2. The second-order valence-electron chi connectivity index (χ2n) is 4.23. The Hall–Kier alpha value is -1.10. The fourth-order valence-corrected chi connectivity index (χ4v) is 1.93. The van der Waals surface area contributed by atoms with Crippen LogP contribution in [0.5, 0.6) is 0 Å². The molecule has 0 aromatic carbocycles. The number of rotatable bonds is 7. The number of halogens is 1. The predicted octanol–water partition coefficient (Wildman–Crippen LogP) is 2.97. The number of nitrogens with one attached hydrogen (secondary N) is 1. The summed E-state index contributed by atoms with van der Waals surface area (Å²) in [5, 5.41) is 3.49. The Balaban J connectivity index is 2.86. The normalized spacial score (nSPS) is 12.3. The van der Waals surface area contributed by atoms with Crippen molar-refractivity contribution in [1.29, 1.82) is 0 Å². The summed E-state index contributed by atoms with van der Waals surface area (Å²) in [5.74, 6) is 1.18. The number of aromatic nitrogens is 3. The molecule has 0 aliphatic rings. The molecule has 1 rings (SSSR count). The summed E-state index contributed by atoms with van der Waals surface area (Å²) in [5.41, 5.74) is 0. The van der Waals surface area contributed by atoms with E-state index in [4.69, 9.17) is 11.6 Å². The molecule has 1 heterocycles. The molecule has 0 aliphatic carbocycles. The van der Waals surface area contributed by atoms with E-state index in [1.807, 2.05) is 4.90 Å². The molecule has 0 amide bonds. The third-order valence-corrected chi connectivity index (χ3v) is 2.91. The Morgan fingerprint density at radius 3 is 2.39 bits per heavy atom. The topological polar surface area (TPSA) is 53.9 Å². The summed E-state index contributed by atoms with van der Waals surface area (Å²) in [6, 6.07) is 0.331. The summed E-state index contributed by atoms with van der Waals surface area (Å²) < 4.78 is 0. The molecule has 1 N–H and O–H groups in total. The van der Waals surface area contributed by atoms with Gasteiger partial charge in [0.25, 0.3) is 0 Å². The lowest BCUT2D eigenvalue weighted by molar-refractivity contribution is 0.681. The minimum atomic E-state index is 0.234. The highest BCUT2D eigenvalue weighted by Gasteiger charge is 2.11. The Labute approximate surface area is 114 Å². The molecule has 1 aromatic heterocycles. The van der Waals surface area contributed by atoms with Crippen molar-refractivity contribution < 1.29 is 0 Å². The highest BCUT2D eigenvalue weighted by molar-refractivity contribution is 6.28. The number of hydrogen-bond acceptors (Lipinski definition) is 5. The van der Waals surface area contributed by atoms with Crippen molar-refractivity contribution in [2.75, 3.05) is 23.3 Å². The van der Waals surface area contributed by atoms with Crippen LogP contribution in [0.4, 0.5) is 11.9 Å². The van der Waals surface area contributed by atoms with Gasteiger partial charge in [-0.05, 0) is 38.8 Å². The van der Waals surface area contributed by atoms with Gasteiger partial charge in [-0.25, -0.2) is 0 Å². The number of hydrogen-bond donors (Lipinski definition) is 1. The van der Waals surface area contributed by atoms with Crippen LogP contribution in [0.2, 0.25) is 5.28 Å². The third-order valence-electron chi connectivity index (χ3n) is 2.74. The zero-order chi connectivity index (χ0) is 13.5. The van der Waals surface area contributed by atoms with Gasteiger partial charge in [0.1, 0.15) is 0 Å². The summed E-state index contributed by atoms with van der Waals surface area (Å²) in [6.07, 6.45) is 2.19. The maximum absolute atomic E-state index is 5.94. The van der Waals surface area contributed by atoms with Gasteiger partial charge in [0, 0.05) is 19.1 Å². The SMILES string of the molecule is CCCC(C)Nc1nc(Cl)nc(N(CC)CC)n1. The van der Waals surface area contributed by atoms with Gasteiger partial charge in [0.05, 0.1) is 0 Å². The van der Waals surface area contributed by atoms with Crippen LogP contribution in [-0.4, -0.2) is 34.1 Å². The monoisotopic (exact) mass is 271 g/mol. The standard InChI is InChI=1S/C12H22ClN5/c1-5-8-9(4)14-11-15-10(13)16-12(17-11)18(6-2)7-3/h9H,5-8H2,1-4H3,(H,14,15,16,17). The molecule has 0 fully saturated rings. The molecule has 18 heavy (non-hydrogen) atoms. The highest BCUT2D eigenvalue weighted by Crippen LogP contribution is 2.14. The van der Waals surface area contributed by atoms with E-state index in [1.165, 1.54) is 0 Å². The van der Waals surface area contributed by atoms with Gasteiger partial charge in [-0.2, -0.15) is 15.0 Å².